The van der Waals surface area contributed by atoms with E-state index in [1.807, 2.05) is 67.5 Å². The Morgan fingerprint density at radius 2 is 1.37 bits per heavy atom. The Morgan fingerprint density at radius 1 is 0.769 bits per heavy atom. The molecule has 0 aliphatic carbocycles. The molecule has 1 fully saturated rings. The van der Waals surface area contributed by atoms with Gasteiger partial charge in [-0.05, 0) is 85.3 Å². The Bertz CT molecular complexity index is 2310. The molecule has 4 heterocycles. The van der Waals surface area contributed by atoms with Crippen molar-refractivity contribution in [3.63, 3.8) is 0 Å². The first-order valence-electron chi connectivity index (χ1n) is 16.7. The molecule has 6 aromatic rings. The summed E-state index contributed by atoms with van der Waals surface area (Å²) in [6.45, 7) is 8.03. The predicted molar refractivity (Wildman–Crippen MR) is 188 cm³/mol. The number of H-pyrrole nitrogens is 1. The molecule has 3 aromatic carbocycles. The lowest BCUT2D eigenvalue weighted by Crippen LogP contribution is -2.52. The molecule has 3 aromatic heterocycles. The Kier molecular flexibility index (Phi) is 8.80. The average Bonchev–Trinajstić information content (AvgIpc) is 3.77. The molecule has 0 radical (unpaired) electrons. The van der Waals surface area contributed by atoms with Crippen molar-refractivity contribution < 1.29 is 17.6 Å². The Labute approximate surface area is 295 Å². The minimum atomic E-state index is -4.00. The normalized spacial score (nSPS) is 14.9. The van der Waals surface area contributed by atoms with Gasteiger partial charge in [-0.3, -0.25) is 14.1 Å². The second-order valence-electron chi connectivity index (χ2n) is 13.1. The smallest absolute Gasteiger partial charge is 0.362 e. The number of imidazole rings is 1. The maximum atomic E-state index is 16.4. The fourth-order valence-corrected chi connectivity index (χ4v) is 6.68. The third kappa shape index (κ3) is 5.95. The third-order valence-corrected chi connectivity index (χ3v) is 9.75. The van der Waals surface area contributed by atoms with E-state index in [0.717, 1.165) is 73.9 Å². The van der Waals surface area contributed by atoms with Crippen LogP contribution in [0.3, 0.4) is 0 Å². The van der Waals surface area contributed by atoms with E-state index in [2.05, 4.69) is 25.2 Å². The van der Waals surface area contributed by atoms with Crippen molar-refractivity contribution in [1.82, 2.24) is 34.3 Å². The Hall–Kier alpha value is -5.99. The SMILES string of the molecule is CC(C)n1ccn(-c2ccc(N3CCN(c4ccc(-c5ccc(C(F)(F)C(C)(c6ccc(F)cc6F)n6nn[nH]c6=O)nc5)cc4)CC3)cc2)c1=O. The maximum absolute atomic E-state index is 16.4. The van der Waals surface area contributed by atoms with Gasteiger partial charge >= 0.3 is 17.3 Å². The van der Waals surface area contributed by atoms with Gasteiger partial charge in [0.15, 0.2) is 5.54 Å². The molecule has 52 heavy (non-hydrogen) atoms. The van der Waals surface area contributed by atoms with Crippen LogP contribution >= 0.6 is 0 Å². The summed E-state index contributed by atoms with van der Waals surface area (Å²) in [5.74, 6) is -6.25. The van der Waals surface area contributed by atoms with E-state index in [4.69, 9.17) is 0 Å². The summed E-state index contributed by atoms with van der Waals surface area (Å²) in [5, 5.41) is 8.75. The van der Waals surface area contributed by atoms with Gasteiger partial charge in [0.25, 0.3) is 0 Å². The Morgan fingerprint density at radius 3 is 1.88 bits per heavy atom. The van der Waals surface area contributed by atoms with Crippen molar-refractivity contribution >= 4 is 11.4 Å². The minimum Gasteiger partial charge on any atom is -0.368 e. The third-order valence-electron chi connectivity index (χ3n) is 9.75. The summed E-state index contributed by atoms with van der Waals surface area (Å²) in [5.41, 5.74) is -1.13. The molecule has 1 saturated heterocycles. The monoisotopic (exact) mass is 713 g/mol. The van der Waals surface area contributed by atoms with Gasteiger partial charge in [0.2, 0.25) is 0 Å². The maximum Gasteiger partial charge on any atom is 0.362 e. The zero-order valence-corrected chi connectivity index (χ0v) is 28.5. The first kappa shape index (κ1) is 34.5. The highest BCUT2D eigenvalue weighted by Crippen LogP contribution is 2.47. The highest BCUT2D eigenvalue weighted by Gasteiger charge is 2.58. The highest BCUT2D eigenvalue weighted by molar-refractivity contribution is 5.66. The number of hydrogen-bond donors (Lipinski definition) is 1. The van der Waals surface area contributed by atoms with Crippen LogP contribution in [0.15, 0.2) is 107 Å². The number of rotatable bonds is 9. The number of nitrogens with zero attached hydrogens (tertiary/aromatic N) is 8. The van der Waals surface area contributed by atoms with E-state index in [-0.39, 0.29) is 11.7 Å². The number of benzene rings is 3. The van der Waals surface area contributed by atoms with Crippen LogP contribution in [0.4, 0.5) is 28.9 Å². The number of aromatic amines is 1. The number of pyridine rings is 1. The lowest BCUT2D eigenvalue weighted by molar-refractivity contribution is -0.104. The van der Waals surface area contributed by atoms with E-state index in [1.165, 1.54) is 12.3 Å². The summed E-state index contributed by atoms with van der Waals surface area (Å²) in [4.78, 5) is 33.8. The number of anilines is 2. The van der Waals surface area contributed by atoms with Gasteiger partial charge in [0.1, 0.15) is 17.3 Å². The summed E-state index contributed by atoms with van der Waals surface area (Å²) in [7, 11) is 0. The number of tetrazole rings is 1. The topological polar surface area (TPSA) is 110 Å². The molecule has 0 bridgehead atoms. The molecule has 15 heteroatoms. The zero-order chi connectivity index (χ0) is 36.8. The molecule has 7 rings (SSSR count). The van der Waals surface area contributed by atoms with Gasteiger partial charge in [-0.25, -0.2) is 23.5 Å². The largest absolute Gasteiger partial charge is 0.368 e. The number of aromatic nitrogens is 7. The quantitative estimate of drug-likeness (QED) is 0.191. The second kappa shape index (κ2) is 13.3. The van der Waals surface area contributed by atoms with Crippen molar-refractivity contribution in [2.45, 2.75) is 38.3 Å². The molecule has 0 amide bonds. The van der Waals surface area contributed by atoms with E-state index in [0.29, 0.717) is 16.3 Å². The van der Waals surface area contributed by atoms with Crippen LogP contribution < -0.4 is 21.2 Å². The molecule has 1 aliphatic heterocycles. The molecule has 1 N–H and O–H groups in total. The fraction of sp³-hybridized carbons (Fsp3) is 0.270. The van der Waals surface area contributed by atoms with Gasteiger partial charge in [0, 0.05) is 79.4 Å². The van der Waals surface area contributed by atoms with Crippen LogP contribution in [-0.4, -0.2) is 60.5 Å². The van der Waals surface area contributed by atoms with Crippen LogP contribution in [0.2, 0.25) is 0 Å². The Balaban J connectivity index is 1.03. The molecule has 1 atom stereocenters. The van der Waals surface area contributed by atoms with Crippen LogP contribution in [0.1, 0.15) is 38.1 Å². The molecule has 268 valence electrons. The van der Waals surface area contributed by atoms with Crippen LogP contribution in [0.5, 0.6) is 0 Å². The summed E-state index contributed by atoms with van der Waals surface area (Å²) < 4.78 is 65.1. The first-order valence-corrected chi connectivity index (χ1v) is 16.7. The summed E-state index contributed by atoms with van der Waals surface area (Å²) >= 11 is 0. The standard InChI is InChI=1S/C37H35F4N9O2/c1-24(2)48-20-21-49(35(48)52)30-12-10-29(11-13-30)47-18-16-46(17-19-47)28-8-4-25(5-9-28)26-6-15-33(42-23-26)37(40,41)36(3,50-34(51)43-44-45-50)31-14-7-27(38)22-32(31)39/h4-15,20-24H,16-19H2,1-3H3,(H,43,45,51). The molecule has 0 saturated carbocycles. The van der Waals surface area contributed by atoms with Crippen molar-refractivity contribution in [3.05, 3.63) is 141 Å². The van der Waals surface area contributed by atoms with Crippen molar-refractivity contribution in [3.8, 4) is 16.8 Å². The van der Waals surface area contributed by atoms with Gasteiger partial charge < -0.3 is 9.80 Å². The minimum absolute atomic E-state index is 0.0701. The molecule has 1 unspecified atom stereocenters. The summed E-state index contributed by atoms with van der Waals surface area (Å²) in [6.07, 6.45) is 4.87. The van der Waals surface area contributed by atoms with Crippen molar-refractivity contribution in [2.24, 2.45) is 0 Å². The van der Waals surface area contributed by atoms with Crippen LogP contribution in [-0.2, 0) is 11.5 Å². The molecule has 1 aliphatic rings. The molecular weight excluding hydrogens is 678 g/mol. The predicted octanol–water partition coefficient (Wildman–Crippen LogP) is 5.72. The molecule has 11 nitrogen and oxygen atoms in total. The fourth-order valence-electron chi connectivity index (χ4n) is 6.68. The summed E-state index contributed by atoms with van der Waals surface area (Å²) in [6, 6.07) is 20.5. The highest BCUT2D eigenvalue weighted by atomic mass is 19.3. The lowest BCUT2D eigenvalue weighted by atomic mass is 9.83. The van der Waals surface area contributed by atoms with Gasteiger partial charge in [0.05, 0.1) is 5.69 Å². The number of hydrogen-bond acceptors (Lipinski definition) is 7. The van der Waals surface area contributed by atoms with Crippen molar-refractivity contribution in [1.29, 1.82) is 0 Å². The van der Waals surface area contributed by atoms with Crippen molar-refractivity contribution in [2.75, 3.05) is 36.0 Å². The number of halogens is 4. The molecular formula is C37H35F4N9O2. The zero-order valence-electron chi connectivity index (χ0n) is 28.5. The number of piperazine rings is 1. The van der Waals surface area contributed by atoms with E-state index in [1.54, 1.807) is 21.5 Å². The van der Waals surface area contributed by atoms with Crippen LogP contribution in [0.25, 0.3) is 16.8 Å². The lowest BCUT2D eigenvalue weighted by Gasteiger charge is -2.37. The van der Waals surface area contributed by atoms with E-state index < -0.39 is 40.0 Å². The van der Waals surface area contributed by atoms with Gasteiger partial charge in [-0.15, -0.1) is 0 Å². The average molecular weight is 714 g/mol. The van der Waals surface area contributed by atoms with Crippen LogP contribution in [0, 0.1) is 11.6 Å². The number of nitrogens with one attached hydrogen (secondary N) is 1. The molecule has 0 spiro atoms. The van der Waals surface area contributed by atoms with E-state index in [9.17, 15) is 18.4 Å². The number of alkyl halides is 2. The van der Waals surface area contributed by atoms with E-state index >= 15 is 8.78 Å². The second-order valence-corrected chi connectivity index (χ2v) is 13.1. The first-order chi connectivity index (χ1) is 24.9. The van der Waals surface area contributed by atoms with Gasteiger partial charge in [-0.1, -0.05) is 24.3 Å². The van der Waals surface area contributed by atoms with Gasteiger partial charge in [-0.2, -0.15) is 13.5 Å².